The Hall–Kier alpha value is -0.0500. The highest BCUT2D eigenvalue weighted by atomic mass is 35.5. The number of ether oxygens (including phenoxy) is 2. The van der Waals surface area contributed by atoms with Crippen LogP contribution in [-0.4, -0.2) is 35.6 Å². The number of carbonyl (C=O) groups is 1. The first-order chi connectivity index (χ1) is 7.63. The van der Waals surface area contributed by atoms with Crippen LogP contribution in [0.3, 0.4) is 0 Å². The maximum absolute atomic E-state index is 11.7. The van der Waals surface area contributed by atoms with Gasteiger partial charge in [-0.15, -0.1) is 11.6 Å². The number of alkyl halides is 1. The van der Waals surface area contributed by atoms with Crippen LogP contribution in [0.1, 0.15) is 34.6 Å². The summed E-state index contributed by atoms with van der Waals surface area (Å²) in [6.45, 7) is 9.36. The van der Waals surface area contributed by atoms with Crippen LogP contribution >= 0.6 is 19.4 Å². The van der Waals surface area contributed by atoms with Gasteiger partial charge in [0.25, 0.3) is 0 Å². The molecule has 0 aromatic heterocycles. The molecule has 0 radical (unpaired) electrons. The molecule has 2 atom stereocenters. The molecule has 0 aliphatic heterocycles. The van der Waals surface area contributed by atoms with Crippen molar-refractivity contribution in [1.29, 1.82) is 0 Å². The van der Waals surface area contributed by atoms with Crippen LogP contribution in [0.4, 0.5) is 0 Å². The summed E-state index contributed by atoms with van der Waals surface area (Å²) >= 11 is 5.81. The Morgan fingerprint density at radius 2 is 1.88 bits per heavy atom. The number of esters is 1. The number of halogens is 1. The molecule has 0 aromatic rings. The number of rotatable bonds is 6. The summed E-state index contributed by atoms with van der Waals surface area (Å²) in [5.41, 5.74) is -0.610. The summed E-state index contributed by atoms with van der Waals surface area (Å²) in [6.07, 6.45) is 0.385. The van der Waals surface area contributed by atoms with E-state index in [2.05, 4.69) is 0 Å². The van der Waals surface area contributed by atoms with E-state index in [9.17, 15) is 9.36 Å². The van der Waals surface area contributed by atoms with Gasteiger partial charge in [-0.3, -0.25) is 0 Å². The van der Waals surface area contributed by atoms with Crippen molar-refractivity contribution in [2.45, 2.75) is 51.4 Å². The predicted octanol–water partition coefficient (Wildman–Crippen LogP) is 2.88. The number of hydrogen-bond acceptors (Lipinski definition) is 4. The largest absolute Gasteiger partial charge is 0.459 e. The van der Waals surface area contributed by atoms with Crippen LogP contribution < -0.4 is 0 Å². The molecule has 0 spiro atoms. The summed E-state index contributed by atoms with van der Waals surface area (Å²) in [6, 6.07) is 0. The molecule has 6 heteroatoms. The Bertz CT molecular complexity index is 273. The molecule has 0 aliphatic rings. The van der Waals surface area contributed by atoms with Gasteiger partial charge >= 0.3 is 5.97 Å². The molecule has 0 amide bonds. The SMILES string of the molecule is CC(C)OCC[PH](=O)C(Cl)C(=O)OC(C)(C)C. The van der Waals surface area contributed by atoms with Gasteiger partial charge in [0.05, 0.1) is 12.7 Å². The third-order valence-corrected chi connectivity index (χ3v) is 4.10. The molecule has 0 fully saturated rings. The molecule has 0 aromatic carbocycles. The van der Waals surface area contributed by atoms with Gasteiger partial charge in [-0.25, -0.2) is 4.79 Å². The molecular weight excluding hydrogens is 263 g/mol. The van der Waals surface area contributed by atoms with Gasteiger partial charge in [0, 0.05) is 6.16 Å². The van der Waals surface area contributed by atoms with E-state index in [4.69, 9.17) is 21.1 Å². The van der Waals surface area contributed by atoms with Gasteiger partial charge in [-0.2, -0.15) is 0 Å². The second-order valence-corrected chi connectivity index (χ2v) is 7.84. The van der Waals surface area contributed by atoms with Crippen LogP contribution in [0.25, 0.3) is 0 Å². The van der Waals surface area contributed by atoms with E-state index >= 15 is 0 Å². The first-order valence-corrected chi connectivity index (χ1v) is 7.77. The Morgan fingerprint density at radius 1 is 1.35 bits per heavy atom. The molecule has 0 bridgehead atoms. The van der Waals surface area contributed by atoms with E-state index in [-0.39, 0.29) is 6.10 Å². The van der Waals surface area contributed by atoms with Crippen LogP contribution in [0.15, 0.2) is 0 Å². The van der Waals surface area contributed by atoms with Crippen molar-refractivity contribution in [3.63, 3.8) is 0 Å². The summed E-state index contributed by atoms with van der Waals surface area (Å²) in [7, 11) is -2.22. The third-order valence-electron chi connectivity index (χ3n) is 1.70. The maximum Gasteiger partial charge on any atom is 0.331 e. The molecule has 4 nitrogen and oxygen atoms in total. The monoisotopic (exact) mass is 284 g/mol. The van der Waals surface area contributed by atoms with E-state index in [1.165, 1.54) is 0 Å². The van der Waals surface area contributed by atoms with Crippen molar-refractivity contribution in [2.24, 2.45) is 0 Å². The van der Waals surface area contributed by atoms with E-state index in [1.54, 1.807) is 20.8 Å². The smallest absolute Gasteiger partial charge is 0.331 e. The fourth-order valence-corrected chi connectivity index (χ4v) is 2.27. The van der Waals surface area contributed by atoms with Crippen LogP contribution in [0.5, 0.6) is 0 Å². The van der Waals surface area contributed by atoms with E-state index in [0.29, 0.717) is 12.8 Å². The van der Waals surface area contributed by atoms with E-state index < -0.39 is 24.5 Å². The lowest BCUT2D eigenvalue weighted by Gasteiger charge is -2.21. The lowest BCUT2D eigenvalue weighted by atomic mass is 10.2. The molecular formula is C11H22ClO4P. The molecule has 0 N–H and O–H groups in total. The molecule has 0 saturated carbocycles. The highest BCUT2D eigenvalue weighted by Gasteiger charge is 2.27. The van der Waals surface area contributed by atoms with Gasteiger partial charge in [-0.1, -0.05) is 0 Å². The molecule has 17 heavy (non-hydrogen) atoms. The minimum atomic E-state index is -2.22. The maximum atomic E-state index is 11.7. The molecule has 0 aliphatic carbocycles. The highest BCUT2D eigenvalue weighted by molar-refractivity contribution is 7.49. The van der Waals surface area contributed by atoms with Crippen molar-refractivity contribution in [3.05, 3.63) is 0 Å². The van der Waals surface area contributed by atoms with Crippen LogP contribution in [0.2, 0.25) is 0 Å². The van der Waals surface area contributed by atoms with Crippen molar-refractivity contribution in [3.8, 4) is 0 Å². The zero-order chi connectivity index (χ0) is 13.6. The molecule has 0 heterocycles. The fraction of sp³-hybridized carbons (Fsp3) is 0.909. The molecule has 0 saturated heterocycles. The second kappa shape index (κ2) is 7.40. The van der Waals surface area contributed by atoms with Gasteiger partial charge < -0.3 is 14.0 Å². The van der Waals surface area contributed by atoms with Gasteiger partial charge in [0.15, 0.2) is 5.12 Å². The Kier molecular flexibility index (Phi) is 7.38. The van der Waals surface area contributed by atoms with Crippen molar-refractivity contribution in [1.82, 2.24) is 0 Å². The average Bonchev–Trinajstić information content (AvgIpc) is 2.13. The highest BCUT2D eigenvalue weighted by Crippen LogP contribution is 2.32. The first kappa shape index (κ1) is 16.9. The van der Waals surface area contributed by atoms with Crippen molar-refractivity contribution in [2.75, 3.05) is 12.8 Å². The Morgan fingerprint density at radius 3 is 2.29 bits per heavy atom. The van der Waals surface area contributed by atoms with Gasteiger partial charge in [0.1, 0.15) is 13.4 Å². The normalized spacial score (nSPS) is 15.7. The predicted molar refractivity (Wildman–Crippen MR) is 70.4 cm³/mol. The van der Waals surface area contributed by atoms with Crippen LogP contribution in [-0.2, 0) is 18.8 Å². The standard InChI is InChI=1S/C11H22ClO4P/c1-8(2)15-6-7-17(14)9(12)10(13)16-11(3,4)5/h8-9,17H,6-7H2,1-5H3. The average molecular weight is 285 g/mol. The number of hydrogen-bond donors (Lipinski definition) is 0. The summed E-state index contributed by atoms with van der Waals surface area (Å²) < 4.78 is 22.0. The Labute approximate surface area is 109 Å². The second-order valence-electron chi connectivity index (χ2n) is 5.03. The summed E-state index contributed by atoms with van der Waals surface area (Å²) in [4.78, 5) is 11.5. The van der Waals surface area contributed by atoms with Crippen molar-refractivity contribution < 1.29 is 18.8 Å². The zero-order valence-corrected chi connectivity index (χ0v) is 12.8. The van der Waals surface area contributed by atoms with Crippen LogP contribution in [0, 0.1) is 0 Å². The van der Waals surface area contributed by atoms with Crippen molar-refractivity contribution >= 4 is 25.4 Å². The van der Waals surface area contributed by atoms with E-state index in [0.717, 1.165) is 0 Å². The minimum Gasteiger partial charge on any atom is -0.459 e. The zero-order valence-electron chi connectivity index (χ0n) is 11.1. The molecule has 2 unspecified atom stereocenters. The number of carbonyl (C=O) groups excluding carboxylic acids is 1. The molecule has 102 valence electrons. The summed E-state index contributed by atoms with van der Waals surface area (Å²) in [5.74, 6) is -0.618. The lowest BCUT2D eigenvalue weighted by molar-refractivity contribution is -0.152. The lowest BCUT2D eigenvalue weighted by Crippen LogP contribution is -2.28. The van der Waals surface area contributed by atoms with Gasteiger partial charge in [0.2, 0.25) is 0 Å². The first-order valence-electron chi connectivity index (χ1n) is 5.64. The minimum absolute atomic E-state index is 0.0834. The van der Waals surface area contributed by atoms with Gasteiger partial charge in [-0.05, 0) is 34.6 Å². The summed E-state index contributed by atoms with van der Waals surface area (Å²) in [5, 5.41) is -1.06. The quantitative estimate of drug-likeness (QED) is 0.427. The fourth-order valence-electron chi connectivity index (χ4n) is 1.01. The third kappa shape index (κ3) is 8.64. The molecule has 0 rings (SSSR count). The topological polar surface area (TPSA) is 52.6 Å². The Balaban J connectivity index is 4.08. The van der Waals surface area contributed by atoms with E-state index in [1.807, 2.05) is 13.8 Å².